The molecule has 17 heavy (non-hydrogen) atoms. The van der Waals surface area contributed by atoms with E-state index < -0.39 is 25.0 Å². The molecule has 0 bridgehead atoms. The van der Waals surface area contributed by atoms with Crippen LogP contribution in [0.25, 0.3) is 0 Å². The molecule has 1 unspecified atom stereocenters. The predicted octanol–water partition coefficient (Wildman–Crippen LogP) is 0.914. The van der Waals surface area contributed by atoms with Gasteiger partial charge in [0.05, 0.1) is 11.6 Å². The molecule has 0 saturated carbocycles. The molecule has 0 aliphatic rings. The summed E-state index contributed by atoms with van der Waals surface area (Å²) in [5.74, 6) is -0.609. The van der Waals surface area contributed by atoms with Gasteiger partial charge >= 0.3 is 0 Å². The van der Waals surface area contributed by atoms with Gasteiger partial charge in [-0.3, -0.25) is 4.79 Å². The van der Waals surface area contributed by atoms with E-state index in [1.807, 2.05) is 6.07 Å². The van der Waals surface area contributed by atoms with Crippen LogP contribution in [-0.4, -0.2) is 30.1 Å². The molecule has 0 saturated heterocycles. The van der Waals surface area contributed by atoms with Gasteiger partial charge in [-0.05, 0) is 18.2 Å². The Balaban J connectivity index is 2.61. The number of amides is 1. The predicted molar refractivity (Wildman–Crippen MR) is 55.5 cm³/mol. The summed E-state index contributed by atoms with van der Waals surface area (Å²) in [6.45, 7) is -0.534. The van der Waals surface area contributed by atoms with Crippen LogP contribution < -0.4 is 5.32 Å². The van der Waals surface area contributed by atoms with E-state index in [0.29, 0.717) is 5.56 Å². The zero-order valence-corrected chi connectivity index (χ0v) is 8.73. The van der Waals surface area contributed by atoms with Crippen molar-refractivity contribution >= 4 is 5.91 Å². The second-order valence-electron chi connectivity index (χ2n) is 3.30. The number of hydrogen-bond acceptors (Lipinski definition) is 3. The Morgan fingerprint density at radius 3 is 2.82 bits per heavy atom. The van der Waals surface area contributed by atoms with Crippen LogP contribution in [0.5, 0.6) is 0 Å². The Hall–Kier alpha value is -2.00. The Morgan fingerprint density at radius 1 is 1.53 bits per heavy atom. The average Bonchev–Trinajstić information content (AvgIpc) is 2.35. The fraction of sp³-hybridized carbons (Fsp3) is 0.273. The van der Waals surface area contributed by atoms with Crippen molar-refractivity contribution in [3.63, 3.8) is 0 Å². The van der Waals surface area contributed by atoms with Crippen LogP contribution in [0.2, 0.25) is 0 Å². The Morgan fingerprint density at radius 2 is 2.24 bits per heavy atom. The molecule has 0 aliphatic carbocycles. The summed E-state index contributed by atoms with van der Waals surface area (Å²) in [4.78, 5) is 11.5. The topological polar surface area (TPSA) is 73.1 Å². The van der Waals surface area contributed by atoms with Gasteiger partial charge in [0.2, 0.25) is 0 Å². The second kappa shape index (κ2) is 5.92. The second-order valence-corrected chi connectivity index (χ2v) is 3.30. The molecule has 6 heteroatoms. The third-order valence-electron chi connectivity index (χ3n) is 2.02. The lowest BCUT2D eigenvalue weighted by Crippen LogP contribution is -2.35. The van der Waals surface area contributed by atoms with E-state index >= 15 is 0 Å². The van der Waals surface area contributed by atoms with Gasteiger partial charge in [-0.25, -0.2) is 8.78 Å². The van der Waals surface area contributed by atoms with Gasteiger partial charge in [0.1, 0.15) is 6.10 Å². The molecule has 1 aromatic rings. The van der Waals surface area contributed by atoms with Crippen LogP contribution >= 0.6 is 0 Å². The maximum atomic E-state index is 12.0. The number of carbonyl (C=O) groups excluding carboxylic acids is 1. The summed E-state index contributed by atoms with van der Waals surface area (Å²) in [7, 11) is 0. The molecule has 1 amide bonds. The number of nitrogens with one attached hydrogen (secondary N) is 1. The van der Waals surface area contributed by atoms with E-state index in [4.69, 9.17) is 10.4 Å². The molecule has 1 aromatic carbocycles. The van der Waals surface area contributed by atoms with Crippen LogP contribution in [0.3, 0.4) is 0 Å². The summed E-state index contributed by atoms with van der Waals surface area (Å²) < 4.78 is 23.9. The molecule has 4 nitrogen and oxygen atoms in total. The van der Waals surface area contributed by atoms with Gasteiger partial charge in [0.15, 0.2) is 0 Å². The monoisotopic (exact) mass is 240 g/mol. The van der Waals surface area contributed by atoms with Crippen LogP contribution in [0.1, 0.15) is 15.9 Å². The fourth-order valence-corrected chi connectivity index (χ4v) is 1.12. The first-order chi connectivity index (χ1) is 8.04. The first-order valence-corrected chi connectivity index (χ1v) is 4.79. The Bertz CT molecular complexity index is 443. The number of nitrogens with zero attached hydrogens (tertiary/aromatic N) is 1. The maximum Gasteiger partial charge on any atom is 0.265 e. The van der Waals surface area contributed by atoms with Crippen LogP contribution in [0, 0.1) is 11.3 Å². The van der Waals surface area contributed by atoms with Gasteiger partial charge in [-0.15, -0.1) is 0 Å². The van der Waals surface area contributed by atoms with E-state index in [1.54, 1.807) is 0 Å². The molecule has 0 heterocycles. The van der Waals surface area contributed by atoms with Crippen molar-refractivity contribution in [3.8, 4) is 6.07 Å². The van der Waals surface area contributed by atoms with E-state index in [9.17, 15) is 13.6 Å². The summed E-state index contributed by atoms with van der Waals surface area (Å²) in [5.41, 5.74) is 0.484. The first kappa shape index (κ1) is 13.1. The molecule has 0 radical (unpaired) electrons. The van der Waals surface area contributed by atoms with Crippen LogP contribution in [0.15, 0.2) is 24.3 Å². The van der Waals surface area contributed by atoms with Crippen molar-refractivity contribution in [1.82, 2.24) is 5.32 Å². The van der Waals surface area contributed by atoms with Crippen LogP contribution in [-0.2, 0) is 0 Å². The molecule has 90 valence electrons. The fourth-order valence-electron chi connectivity index (χ4n) is 1.12. The number of aliphatic hydroxyl groups is 1. The van der Waals surface area contributed by atoms with Gasteiger partial charge in [0.25, 0.3) is 12.3 Å². The highest BCUT2D eigenvalue weighted by Gasteiger charge is 2.17. The third-order valence-corrected chi connectivity index (χ3v) is 2.02. The molecule has 1 atom stereocenters. The number of halogens is 2. The van der Waals surface area contributed by atoms with Crippen molar-refractivity contribution < 1.29 is 18.7 Å². The first-order valence-electron chi connectivity index (χ1n) is 4.79. The average molecular weight is 240 g/mol. The molecule has 0 fully saturated rings. The highest BCUT2D eigenvalue weighted by atomic mass is 19.3. The molecule has 0 spiro atoms. The van der Waals surface area contributed by atoms with E-state index in [-0.39, 0.29) is 5.56 Å². The molecular weight excluding hydrogens is 230 g/mol. The quantitative estimate of drug-likeness (QED) is 0.821. The van der Waals surface area contributed by atoms with Crippen molar-refractivity contribution in [2.24, 2.45) is 0 Å². The van der Waals surface area contributed by atoms with Gasteiger partial charge < -0.3 is 10.4 Å². The summed E-state index contributed by atoms with van der Waals surface area (Å²) in [6.07, 6.45) is -4.79. The van der Waals surface area contributed by atoms with Gasteiger partial charge in [-0.1, -0.05) is 6.07 Å². The number of rotatable bonds is 4. The Labute approximate surface area is 96.5 Å². The normalized spacial score (nSPS) is 11.9. The lowest BCUT2D eigenvalue weighted by Gasteiger charge is -2.10. The van der Waals surface area contributed by atoms with E-state index in [1.165, 1.54) is 24.3 Å². The van der Waals surface area contributed by atoms with Gasteiger partial charge in [0, 0.05) is 12.1 Å². The number of alkyl halides is 2. The smallest absolute Gasteiger partial charge is 0.265 e. The third kappa shape index (κ3) is 3.81. The van der Waals surface area contributed by atoms with Crippen molar-refractivity contribution in [3.05, 3.63) is 35.4 Å². The minimum Gasteiger partial charge on any atom is -0.385 e. The summed E-state index contributed by atoms with van der Waals surface area (Å²) >= 11 is 0. The molecule has 0 aromatic heterocycles. The lowest BCUT2D eigenvalue weighted by molar-refractivity contribution is -0.00270. The standard InChI is InChI=1S/C11H10F2N2O2/c12-10(13)9(16)6-15-11(17)8-3-1-2-7(4-8)5-14/h1-4,9-10,16H,6H2,(H,15,17). The number of carbonyl (C=O) groups is 1. The van der Waals surface area contributed by atoms with Crippen LogP contribution in [0.4, 0.5) is 8.78 Å². The minimum atomic E-state index is -2.90. The SMILES string of the molecule is N#Cc1cccc(C(=O)NCC(O)C(F)F)c1. The highest BCUT2D eigenvalue weighted by molar-refractivity contribution is 5.94. The highest BCUT2D eigenvalue weighted by Crippen LogP contribution is 2.04. The number of benzene rings is 1. The number of aliphatic hydroxyl groups excluding tert-OH is 1. The minimum absolute atomic E-state index is 0.186. The molecular formula is C11H10F2N2O2. The van der Waals surface area contributed by atoms with E-state index in [0.717, 1.165) is 0 Å². The van der Waals surface area contributed by atoms with Crippen molar-refractivity contribution in [2.75, 3.05) is 6.54 Å². The van der Waals surface area contributed by atoms with Crippen molar-refractivity contribution in [1.29, 1.82) is 5.26 Å². The number of hydrogen-bond donors (Lipinski definition) is 2. The number of nitriles is 1. The zero-order chi connectivity index (χ0) is 12.8. The molecule has 2 N–H and O–H groups in total. The Kier molecular flexibility index (Phi) is 4.55. The summed E-state index contributed by atoms with van der Waals surface area (Å²) in [6, 6.07) is 7.67. The largest absolute Gasteiger partial charge is 0.385 e. The van der Waals surface area contributed by atoms with Gasteiger partial charge in [-0.2, -0.15) is 5.26 Å². The maximum absolute atomic E-state index is 12.0. The van der Waals surface area contributed by atoms with E-state index in [2.05, 4.69) is 5.32 Å². The van der Waals surface area contributed by atoms with Crippen molar-refractivity contribution in [2.45, 2.75) is 12.5 Å². The molecule has 1 rings (SSSR count). The zero-order valence-electron chi connectivity index (χ0n) is 8.73. The lowest BCUT2D eigenvalue weighted by atomic mass is 10.1. The summed E-state index contributed by atoms with van der Waals surface area (Å²) in [5, 5.41) is 19.6. The molecule has 0 aliphatic heterocycles.